The molecule has 0 saturated heterocycles. The number of nitro groups is 1. The van der Waals surface area contributed by atoms with E-state index >= 15 is 0 Å². The van der Waals surface area contributed by atoms with Crippen LogP contribution in [0.1, 0.15) is 18.4 Å². The minimum Gasteiger partial charge on any atom is -0.508 e. The molecule has 0 unspecified atom stereocenters. The Kier molecular flexibility index (Phi) is 2.84. The first-order valence-electron chi connectivity index (χ1n) is 4.01. The van der Waals surface area contributed by atoms with Crippen molar-refractivity contribution >= 4 is 0 Å². The van der Waals surface area contributed by atoms with Gasteiger partial charge in [-0.05, 0) is 6.07 Å². The smallest absolute Gasteiger partial charge is 0.210 e. The van der Waals surface area contributed by atoms with Gasteiger partial charge >= 0.3 is 0 Å². The molecule has 0 heterocycles. The Hall–Kier alpha value is -1.58. The number of phenols is 1. The molecule has 1 aromatic carbocycles. The van der Waals surface area contributed by atoms with E-state index in [9.17, 15) is 15.2 Å². The van der Waals surface area contributed by atoms with Crippen molar-refractivity contribution in [2.75, 3.05) is 6.54 Å². The Bertz CT molecular complexity index is 311. The molecule has 1 N–H and O–H groups in total. The lowest BCUT2D eigenvalue weighted by Gasteiger charge is -2.08. The Morgan fingerprint density at radius 3 is 2.69 bits per heavy atom. The van der Waals surface area contributed by atoms with E-state index in [1.54, 1.807) is 25.1 Å². The van der Waals surface area contributed by atoms with Gasteiger partial charge in [0.2, 0.25) is 6.54 Å². The quantitative estimate of drug-likeness (QED) is 0.571. The second kappa shape index (κ2) is 3.89. The van der Waals surface area contributed by atoms with Gasteiger partial charge in [0.1, 0.15) is 5.75 Å². The number of hydrogen-bond donors (Lipinski definition) is 1. The molecule has 0 bridgehead atoms. The van der Waals surface area contributed by atoms with E-state index in [0.717, 1.165) is 0 Å². The standard InChI is InChI=1S/C9H11NO3/c1-7(6-10(12)13)8-4-2-3-5-9(8)11/h2-5,7,11H,6H2,1H3/t7-/m1/s1. The van der Waals surface area contributed by atoms with E-state index in [0.29, 0.717) is 5.56 Å². The maximum atomic E-state index is 10.2. The summed E-state index contributed by atoms with van der Waals surface area (Å²) < 4.78 is 0. The second-order valence-electron chi connectivity index (χ2n) is 2.98. The molecule has 0 radical (unpaired) electrons. The fourth-order valence-corrected chi connectivity index (χ4v) is 1.23. The van der Waals surface area contributed by atoms with Gasteiger partial charge in [0.05, 0.1) is 0 Å². The zero-order valence-electron chi connectivity index (χ0n) is 7.30. The Balaban J connectivity index is 2.82. The van der Waals surface area contributed by atoms with Gasteiger partial charge in [0.25, 0.3) is 0 Å². The fourth-order valence-electron chi connectivity index (χ4n) is 1.23. The topological polar surface area (TPSA) is 63.4 Å². The summed E-state index contributed by atoms with van der Waals surface area (Å²) in [6.07, 6.45) is 0. The lowest BCUT2D eigenvalue weighted by atomic mass is 10.0. The van der Waals surface area contributed by atoms with Crippen LogP contribution in [0, 0.1) is 10.1 Å². The van der Waals surface area contributed by atoms with Crippen molar-refractivity contribution in [1.29, 1.82) is 0 Å². The molecule has 4 nitrogen and oxygen atoms in total. The van der Waals surface area contributed by atoms with Crippen LogP contribution in [-0.4, -0.2) is 16.6 Å². The molecule has 1 aromatic rings. The van der Waals surface area contributed by atoms with Gasteiger partial charge in [-0.1, -0.05) is 25.1 Å². The van der Waals surface area contributed by atoms with Crippen molar-refractivity contribution in [3.63, 3.8) is 0 Å². The normalized spacial score (nSPS) is 12.4. The van der Waals surface area contributed by atoms with Crippen LogP contribution in [0.5, 0.6) is 5.75 Å². The zero-order chi connectivity index (χ0) is 9.84. The molecule has 0 amide bonds. The molecular weight excluding hydrogens is 170 g/mol. The van der Waals surface area contributed by atoms with Crippen molar-refractivity contribution in [1.82, 2.24) is 0 Å². The van der Waals surface area contributed by atoms with Crippen LogP contribution in [0.25, 0.3) is 0 Å². The highest BCUT2D eigenvalue weighted by Crippen LogP contribution is 2.24. The van der Waals surface area contributed by atoms with Gasteiger partial charge in [-0.15, -0.1) is 0 Å². The molecule has 1 atom stereocenters. The SMILES string of the molecule is C[C@H](C[N+](=O)[O-])c1ccccc1O. The summed E-state index contributed by atoms with van der Waals surface area (Å²) in [5.41, 5.74) is 0.624. The number of phenolic OH excluding ortho intramolecular Hbond substituents is 1. The van der Waals surface area contributed by atoms with Crippen molar-refractivity contribution in [2.24, 2.45) is 0 Å². The van der Waals surface area contributed by atoms with E-state index in [1.807, 2.05) is 0 Å². The maximum Gasteiger partial charge on any atom is 0.210 e. The van der Waals surface area contributed by atoms with Crippen LogP contribution in [0.3, 0.4) is 0 Å². The highest BCUT2D eigenvalue weighted by Gasteiger charge is 2.14. The summed E-state index contributed by atoms with van der Waals surface area (Å²) in [5, 5.41) is 19.6. The number of aromatic hydroxyl groups is 1. The summed E-state index contributed by atoms with van der Waals surface area (Å²) in [5.74, 6) is -0.131. The Labute approximate surface area is 76.0 Å². The lowest BCUT2D eigenvalue weighted by Crippen LogP contribution is -2.09. The lowest BCUT2D eigenvalue weighted by molar-refractivity contribution is -0.482. The Morgan fingerprint density at radius 2 is 2.15 bits per heavy atom. The number of nitrogens with zero attached hydrogens (tertiary/aromatic N) is 1. The van der Waals surface area contributed by atoms with Gasteiger partial charge in [-0.3, -0.25) is 10.1 Å². The molecule has 70 valence electrons. The largest absolute Gasteiger partial charge is 0.508 e. The molecule has 4 heteroatoms. The van der Waals surface area contributed by atoms with E-state index in [1.165, 1.54) is 6.07 Å². The third-order valence-corrected chi connectivity index (χ3v) is 1.89. The Morgan fingerprint density at radius 1 is 1.54 bits per heavy atom. The first-order valence-corrected chi connectivity index (χ1v) is 4.01. The van der Waals surface area contributed by atoms with Crippen LogP contribution in [0.2, 0.25) is 0 Å². The highest BCUT2D eigenvalue weighted by molar-refractivity contribution is 5.34. The average molecular weight is 181 g/mol. The van der Waals surface area contributed by atoms with E-state index in [4.69, 9.17) is 0 Å². The molecule has 0 spiro atoms. The molecule has 0 aromatic heterocycles. The summed E-state index contributed by atoms with van der Waals surface area (Å²) in [4.78, 5) is 9.84. The van der Waals surface area contributed by atoms with Gasteiger partial charge in [-0.25, -0.2) is 0 Å². The van der Waals surface area contributed by atoms with Crippen LogP contribution < -0.4 is 0 Å². The number of para-hydroxylation sites is 1. The molecule has 0 aliphatic rings. The molecule has 0 aliphatic heterocycles. The number of rotatable bonds is 3. The van der Waals surface area contributed by atoms with Crippen LogP contribution in [0.15, 0.2) is 24.3 Å². The number of benzene rings is 1. The van der Waals surface area contributed by atoms with Crippen molar-refractivity contribution in [3.8, 4) is 5.75 Å². The van der Waals surface area contributed by atoms with Crippen LogP contribution in [-0.2, 0) is 0 Å². The minimum absolute atomic E-state index is 0.122. The van der Waals surface area contributed by atoms with Gasteiger partial charge in [0.15, 0.2) is 0 Å². The predicted octanol–water partition coefficient (Wildman–Crippen LogP) is 1.77. The third-order valence-electron chi connectivity index (χ3n) is 1.89. The minimum atomic E-state index is -0.378. The zero-order valence-corrected chi connectivity index (χ0v) is 7.30. The molecule has 13 heavy (non-hydrogen) atoms. The van der Waals surface area contributed by atoms with Crippen molar-refractivity contribution in [3.05, 3.63) is 39.9 Å². The number of hydrogen-bond acceptors (Lipinski definition) is 3. The first-order chi connectivity index (χ1) is 6.11. The van der Waals surface area contributed by atoms with Crippen LogP contribution >= 0.6 is 0 Å². The van der Waals surface area contributed by atoms with Crippen molar-refractivity contribution < 1.29 is 10.0 Å². The summed E-state index contributed by atoms with van der Waals surface area (Å²) in [6.45, 7) is 1.56. The van der Waals surface area contributed by atoms with E-state index in [-0.39, 0.29) is 23.1 Å². The van der Waals surface area contributed by atoms with E-state index in [2.05, 4.69) is 0 Å². The summed E-state index contributed by atoms with van der Waals surface area (Å²) in [6, 6.07) is 6.68. The first kappa shape index (κ1) is 9.51. The molecule has 0 saturated carbocycles. The predicted molar refractivity (Wildman–Crippen MR) is 48.4 cm³/mol. The van der Waals surface area contributed by atoms with Crippen LogP contribution in [0.4, 0.5) is 0 Å². The third kappa shape index (κ3) is 2.43. The summed E-state index contributed by atoms with van der Waals surface area (Å²) >= 11 is 0. The fraction of sp³-hybridized carbons (Fsp3) is 0.333. The average Bonchev–Trinajstić information content (AvgIpc) is 2.03. The second-order valence-corrected chi connectivity index (χ2v) is 2.98. The van der Waals surface area contributed by atoms with E-state index < -0.39 is 0 Å². The van der Waals surface area contributed by atoms with Gasteiger partial charge < -0.3 is 5.11 Å². The van der Waals surface area contributed by atoms with Gasteiger partial charge in [-0.2, -0.15) is 0 Å². The maximum absolute atomic E-state index is 10.2. The molecule has 0 aliphatic carbocycles. The monoisotopic (exact) mass is 181 g/mol. The highest BCUT2D eigenvalue weighted by atomic mass is 16.6. The molecule has 1 rings (SSSR count). The van der Waals surface area contributed by atoms with Gasteiger partial charge in [0, 0.05) is 16.4 Å². The van der Waals surface area contributed by atoms with Crippen molar-refractivity contribution in [2.45, 2.75) is 12.8 Å². The molecule has 0 fully saturated rings. The summed E-state index contributed by atoms with van der Waals surface area (Å²) in [7, 11) is 0. The molecular formula is C9H11NO3.